The van der Waals surface area contributed by atoms with Crippen LogP contribution in [0.25, 0.3) is 0 Å². The number of ether oxygens (including phenoxy) is 1. The summed E-state index contributed by atoms with van der Waals surface area (Å²) in [7, 11) is 3.00. The Balaban J connectivity index is 2.38. The molecule has 1 aromatic rings. The third kappa shape index (κ3) is 5.50. The summed E-state index contributed by atoms with van der Waals surface area (Å²) in [5, 5.41) is 0. The normalized spacial score (nSPS) is 10.1. The fourth-order valence-electron chi connectivity index (χ4n) is 1.64. The van der Waals surface area contributed by atoms with E-state index in [2.05, 4.69) is 4.74 Å². The lowest BCUT2D eigenvalue weighted by atomic mass is 10.1. The molecule has 0 aliphatic carbocycles. The lowest BCUT2D eigenvalue weighted by Crippen LogP contribution is -2.29. The van der Waals surface area contributed by atoms with E-state index >= 15 is 0 Å². The summed E-state index contributed by atoms with van der Waals surface area (Å²) in [4.78, 5) is 24.3. The maximum absolute atomic E-state index is 13.0. The fourth-order valence-corrected chi connectivity index (χ4v) is 1.64. The molecule has 0 saturated heterocycles. The Morgan fingerprint density at radius 2 is 2.11 bits per heavy atom. The van der Waals surface area contributed by atoms with E-state index in [0.717, 1.165) is 0 Å². The number of hydrogen-bond donors (Lipinski definition) is 0. The van der Waals surface area contributed by atoms with Crippen molar-refractivity contribution in [2.45, 2.75) is 19.3 Å². The fraction of sp³-hybridized carbons (Fsp3) is 0.429. The van der Waals surface area contributed by atoms with Crippen molar-refractivity contribution in [3.8, 4) is 0 Å². The van der Waals surface area contributed by atoms with Crippen LogP contribution in [0.15, 0.2) is 24.3 Å². The summed E-state index contributed by atoms with van der Waals surface area (Å²) in [6.07, 6.45) is 0.999. The van der Waals surface area contributed by atoms with Crippen LogP contribution in [-0.4, -0.2) is 37.5 Å². The van der Waals surface area contributed by atoms with E-state index in [1.54, 1.807) is 19.2 Å². The first-order valence-electron chi connectivity index (χ1n) is 6.08. The molecule has 1 rings (SSSR count). The van der Waals surface area contributed by atoms with Gasteiger partial charge < -0.3 is 9.64 Å². The van der Waals surface area contributed by atoms with Crippen molar-refractivity contribution in [3.63, 3.8) is 0 Å². The SMILES string of the molecule is COC(=O)CCCN(C)C(=O)Cc1cccc(F)c1. The minimum atomic E-state index is -0.348. The highest BCUT2D eigenvalue weighted by atomic mass is 19.1. The van der Waals surface area contributed by atoms with Gasteiger partial charge in [-0.2, -0.15) is 0 Å². The number of carbonyl (C=O) groups excluding carboxylic acids is 2. The summed E-state index contributed by atoms with van der Waals surface area (Å²) >= 11 is 0. The number of methoxy groups -OCH3 is 1. The maximum Gasteiger partial charge on any atom is 0.305 e. The summed E-state index contributed by atoms with van der Waals surface area (Å²) in [5.41, 5.74) is 0.643. The molecular weight excluding hydrogens is 249 g/mol. The first-order chi connectivity index (χ1) is 9.02. The van der Waals surface area contributed by atoms with Gasteiger partial charge in [-0.3, -0.25) is 9.59 Å². The summed E-state index contributed by atoms with van der Waals surface area (Å²) < 4.78 is 17.5. The van der Waals surface area contributed by atoms with Crippen LogP contribution in [0.4, 0.5) is 4.39 Å². The number of likely N-dealkylation sites (N-methyl/N-ethyl adjacent to an activating group) is 1. The third-order valence-corrected chi connectivity index (χ3v) is 2.77. The van der Waals surface area contributed by atoms with Gasteiger partial charge in [-0.25, -0.2) is 4.39 Å². The monoisotopic (exact) mass is 267 g/mol. The third-order valence-electron chi connectivity index (χ3n) is 2.77. The van der Waals surface area contributed by atoms with Gasteiger partial charge in [0.2, 0.25) is 5.91 Å². The predicted molar refractivity (Wildman–Crippen MR) is 69.0 cm³/mol. The van der Waals surface area contributed by atoms with Gasteiger partial charge in [0.05, 0.1) is 13.5 Å². The zero-order chi connectivity index (χ0) is 14.3. The minimum Gasteiger partial charge on any atom is -0.469 e. The Hall–Kier alpha value is -1.91. The Morgan fingerprint density at radius 1 is 1.37 bits per heavy atom. The number of benzene rings is 1. The Kier molecular flexibility index (Phi) is 5.99. The van der Waals surface area contributed by atoms with Crippen molar-refractivity contribution in [1.29, 1.82) is 0 Å². The second-order valence-corrected chi connectivity index (χ2v) is 4.30. The number of nitrogens with zero attached hydrogens (tertiary/aromatic N) is 1. The van der Waals surface area contributed by atoms with Crippen LogP contribution in [0.5, 0.6) is 0 Å². The molecule has 0 aromatic heterocycles. The van der Waals surface area contributed by atoms with Crippen molar-refractivity contribution < 1.29 is 18.7 Å². The molecule has 0 spiro atoms. The molecule has 104 valence electrons. The summed E-state index contributed by atoms with van der Waals surface area (Å²) in [6, 6.07) is 5.98. The molecule has 0 aliphatic rings. The van der Waals surface area contributed by atoms with Crippen LogP contribution >= 0.6 is 0 Å². The highest BCUT2D eigenvalue weighted by Crippen LogP contribution is 2.06. The Bertz CT molecular complexity index is 448. The highest BCUT2D eigenvalue weighted by molar-refractivity contribution is 5.78. The van der Waals surface area contributed by atoms with Crippen molar-refractivity contribution in [3.05, 3.63) is 35.6 Å². The molecule has 0 aliphatic heterocycles. The van der Waals surface area contributed by atoms with Gasteiger partial charge in [-0.05, 0) is 24.1 Å². The molecule has 0 bridgehead atoms. The van der Waals surface area contributed by atoms with Gasteiger partial charge in [-0.1, -0.05) is 12.1 Å². The molecular formula is C14H18FNO3. The quantitative estimate of drug-likeness (QED) is 0.738. The molecule has 0 radical (unpaired) electrons. The zero-order valence-corrected chi connectivity index (χ0v) is 11.2. The second kappa shape index (κ2) is 7.51. The van der Waals surface area contributed by atoms with E-state index in [1.165, 1.54) is 24.1 Å². The molecule has 1 amide bonds. The van der Waals surface area contributed by atoms with E-state index in [9.17, 15) is 14.0 Å². The molecule has 4 nitrogen and oxygen atoms in total. The second-order valence-electron chi connectivity index (χ2n) is 4.30. The van der Waals surface area contributed by atoms with Gasteiger partial charge in [0, 0.05) is 20.0 Å². The predicted octanol–water partition coefficient (Wildman–Crippen LogP) is 1.78. The van der Waals surface area contributed by atoms with E-state index in [-0.39, 0.29) is 30.5 Å². The average Bonchev–Trinajstić information content (AvgIpc) is 2.38. The molecule has 1 aromatic carbocycles. The van der Waals surface area contributed by atoms with E-state index < -0.39 is 0 Å². The molecule has 0 atom stereocenters. The zero-order valence-electron chi connectivity index (χ0n) is 11.2. The van der Waals surface area contributed by atoms with Crippen LogP contribution in [0.1, 0.15) is 18.4 Å². The van der Waals surface area contributed by atoms with Gasteiger partial charge in [-0.15, -0.1) is 0 Å². The molecule has 0 heterocycles. The first-order valence-corrected chi connectivity index (χ1v) is 6.08. The van der Waals surface area contributed by atoms with Crippen LogP contribution < -0.4 is 0 Å². The first kappa shape index (κ1) is 15.1. The van der Waals surface area contributed by atoms with Gasteiger partial charge in [0.15, 0.2) is 0 Å². The van der Waals surface area contributed by atoms with E-state index in [1.807, 2.05) is 0 Å². The van der Waals surface area contributed by atoms with Crippen LogP contribution in [0.3, 0.4) is 0 Å². The summed E-state index contributed by atoms with van der Waals surface area (Å²) in [5.74, 6) is -0.736. The Morgan fingerprint density at radius 3 is 2.74 bits per heavy atom. The largest absolute Gasteiger partial charge is 0.469 e. The average molecular weight is 267 g/mol. The lowest BCUT2D eigenvalue weighted by molar-refractivity contribution is -0.141. The van der Waals surface area contributed by atoms with Crippen LogP contribution in [0, 0.1) is 5.82 Å². The van der Waals surface area contributed by atoms with Crippen molar-refractivity contribution in [2.75, 3.05) is 20.7 Å². The van der Waals surface area contributed by atoms with Crippen molar-refractivity contribution in [1.82, 2.24) is 4.90 Å². The number of hydrogen-bond acceptors (Lipinski definition) is 3. The number of carbonyl (C=O) groups is 2. The molecule has 0 saturated carbocycles. The van der Waals surface area contributed by atoms with Crippen molar-refractivity contribution >= 4 is 11.9 Å². The number of rotatable bonds is 6. The molecule has 0 fully saturated rings. The van der Waals surface area contributed by atoms with Crippen LogP contribution in [-0.2, 0) is 20.7 Å². The van der Waals surface area contributed by atoms with Crippen molar-refractivity contribution in [2.24, 2.45) is 0 Å². The van der Waals surface area contributed by atoms with Gasteiger partial charge >= 0.3 is 5.97 Å². The minimum absolute atomic E-state index is 0.101. The number of halogens is 1. The highest BCUT2D eigenvalue weighted by Gasteiger charge is 2.10. The number of esters is 1. The molecule has 0 unspecified atom stereocenters. The van der Waals surface area contributed by atoms with E-state index in [4.69, 9.17) is 0 Å². The Labute approximate surface area is 112 Å². The van der Waals surface area contributed by atoms with Gasteiger partial charge in [0.25, 0.3) is 0 Å². The van der Waals surface area contributed by atoms with Crippen LogP contribution in [0.2, 0.25) is 0 Å². The standard InChI is InChI=1S/C14H18FNO3/c1-16(8-4-7-14(18)19-2)13(17)10-11-5-3-6-12(15)9-11/h3,5-6,9H,4,7-8,10H2,1-2H3. The smallest absolute Gasteiger partial charge is 0.305 e. The molecule has 19 heavy (non-hydrogen) atoms. The molecule has 5 heteroatoms. The summed E-state index contributed by atoms with van der Waals surface area (Å²) in [6.45, 7) is 0.475. The molecule has 0 N–H and O–H groups in total. The lowest BCUT2D eigenvalue weighted by Gasteiger charge is -2.16. The number of amides is 1. The maximum atomic E-state index is 13.0. The van der Waals surface area contributed by atoms with E-state index in [0.29, 0.717) is 18.5 Å². The van der Waals surface area contributed by atoms with Gasteiger partial charge in [0.1, 0.15) is 5.82 Å². The topological polar surface area (TPSA) is 46.6 Å².